The molecule has 6 rings (SSSR count). The molecule has 5 aromatic rings. The number of hydrogen-bond donors (Lipinski definition) is 2. The maximum Gasteiger partial charge on any atom is 0.223 e. The van der Waals surface area contributed by atoms with E-state index < -0.39 is 0 Å². The van der Waals surface area contributed by atoms with E-state index in [9.17, 15) is 0 Å². The van der Waals surface area contributed by atoms with Crippen LogP contribution in [0.1, 0.15) is 22.7 Å². The zero-order valence-corrected chi connectivity index (χ0v) is 19.9. The zero-order chi connectivity index (χ0) is 23.2. The number of halogens is 1. The van der Waals surface area contributed by atoms with Gasteiger partial charge in [0.25, 0.3) is 0 Å². The number of fused-ring (bicyclic) bond motifs is 5. The van der Waals surface area contributed by atoms with Gasteiger partial charge in [-0.3, -0.25) is 4.68 Å². The number of nitrogens with one attached hydrogen (secondary N) is 1. The van der Waals surface area contributed by atoms with E-state index in [4.69, 9.17) is 22.3 Å². The molecule has 0 bridgehead atoms. The molecule has 0 saturated carbocycles. The first kappa shape index (κ1) is 21.2. The summed E-state index contributed by atoms with van der Waals surface area (Å²) in [5, 5.41) is 12.7. The van der Waals surface area contributed by atoms with Crippen LogP contribution in [-0.2, 0) is 13.0 Å². The van der Waals surface area contributed by atoms with Gasteiger partial charge in [-0.2, -0.15) is 0 Å². The number of aryl methyl sites for hydroxylation is 1. The third-order valence-corrected chi connectivity index (χ3v) is 7.47. The number of benzene rings is 1. The van der Waals surface area contributed by atoms with Crippen LogP contribution < -0.4 is 11.1 Å². The van der Waals surface area contributed by atoms with Gasteiger partial charge in [0.1, 0.15) is 5.15 Å². The van der Waals surface area contributed by atoms with Crippen LogP contribution in [-0.4, -0.2) is 36.5 Å². The predicted molar refractivity (Wildman–Crippen MR) is 135 cm³/mol. The molecule has 1 aliphatic rings. The summed E-state index contributed by atoms with van der Waals surface area (Å²) in [6.45, 7) is 3.37. The Kier molecular flexibility index (Phi) is 5.24. The van der Waals surface area contributed by atoms with Gasteiger partial charge in [-0.05, 0) is 53.1 Å². The second-order valence-corrected chi connectivity index (χ2v) is 9.79. The number of hydrogen-bond acceptors (Lipinski definition) is 8. The minimum Gasteiger partial charge on any atom is -0.352 e. The van der Waals surface area contributed by atoms with Crippen molar-refractivity contribution in [2.45, 2.75) is 25.9 Å². The van der Waals surface area contributed by atoms with Crippen LogP contribution in [0.5, 0.6) is 0 Å². The van der Waals surface area contributed by atoms with Gasteiger partial charge in [0.2, 0.25) is 5.95 Å². The molecule has 3 N–H and O–H groups in total. The number of nitrogens with zero attached hydrogens (tertiary/aromatic N) is 6. The summed E-state index contributed by atoms with van der Waals surface area (Å²) < 4.78 is 2.98. The summed E-state index contributed by atoms with van der Waals surface area (Å²) in [6.07, 6.45) is 7.94. The molecule has 0 spiro atoms. The van der Waals surface area contributed by atoms with Gasteiger partial charge >= 0.3 is 0 Å². The molecule has 0 aliphatic heterocycles. The fraction of sp³-hybridized carbons (Fsp3) is 0.208. The van der Waals surface area contributed by atoms with Gasteiger partial charge in [0, 0.05) is 41.4 Å². The second kappa shape index (κ2) is 8.43. The van der Waals surface area contributed by atoms with Crippen molar-refractivity contribution in [3.8, 4) is 21.7 Å². The standard InChI is InChI=1S/C24H21ClN8S/c1-13-11-29-24(27-4-6-33-7-5-30-32-33)31-22(13)19-9-15-3-2-14-8-18(26)17-12-28-20(25)10-16(17)21(14)23(15)34-19/h2-3,5,7,9-12,18H,4,6,8,26H2,1H3,(H,27,29,31). The highest BCUT2D eigenvalue weighted by Gasteiger charge is 2.26. The van der Waals surface area contributed by atoms with E-state index in [1.54, 1.807) is 22.2 Å². The Bertz CT molecular complexity index is 1510. The van der Waals surface area contributed by atoms with Crippen LogP contribution in [0.2, 0.25) is 5.15 Å². The number of anilines is 1. The van der Waals surface area contributed by atoms with Gasteiger partial charge in [0.05, 0.1) is 23.3 Å². The maximum atomic E-state index is 6.45. The van der Waals surface area contributed by atoms with Crippen molar-refractivity contribution in [3.05, 3.63) is 70.9 Å². The van der Waals surface area contributed by atoms with E-state index in [1.165, 1.54) is 21.2 Å². The Hall–Kier alpha value is -3.40. The Morgan fingerprint density at radius 1 is 1.24 bits per heavy atom. The Labute approximate surface area is 204 Å². The summed E-state index contributed by atoms with van der Waals surface area (Å²) in [5.41, 5.74) is 12.9. The van der Waals surface area contributed by atoms with Crippen molar-refractivity contribution in [1.82, 2.24) is 29.9 Å². The molecule has 0 saturated heterocycles. The molecule has 1 aliphatic carbocycles. The molecule has 34 heavy (non-hydrogen) atoms. The molecule has 1 unspecified atom stereocenters. The fourth-order valence-corrected chi connectivity index (χ4v) is 5.89. The first-order valence-electron chi connectivity index (χ1n) is 11.0. The van der Waals surface area contributed by atoms with Crippen molar-refractivity contribution < 1.29 is 0 Å². The molecule has 10 heteroatoms. The fourth-order valence-electron chi connectivity index (χ4n) is 4.44. The van der Waals surface area contributed by atoms with E-state index in [0.29, 0.717) is 24.2 Å². The van der Waals surface area contributed by atoms with Crippen molar-refractivity contribution >= 4 is 39.0 Å². The normalized spacial score (nSPS) is 14.7. The van der Waals surface area contributed by atoms with Crippen LogP contribution in [0.3, 0.4) is 0 Å². The number of aromatic nitrogens is 6. The predicted octanol–water partition coefficient (Wildman–Crippen LogP) is 4.64. The zero-order valence-electron chi connectivity index (χ0n) is 18.4. The minimum absolute atomic E-state index is 0.0839. The molecule has 1 aromatic carbocycles. The van der Waals surface area contributed by atoms with Crippen molar-refractivity contribution in [2.24, 2.45) is 5.73 Å². The van der Waals surface area contributed by atoms with E-state index in [2.05, 4.69) is 43.8 Å². The van der Waals surface area contributed by atoms with Crippen molar-refractivity contribution in [2.75, 3.05) is 11.9 Å². The van der Waals surface area contributed by atoms with Crippen LogP contribution in [0.15, 0.2) is 49.1 Å². The molecule has 0 amide bonds. The summed E-state index contributed by atoms with van der Waals surface area (Å²) >= 11 is 8.01. The SMILES string of the molecule is Cc1cnc(NCCn2ccnn2)nc1-c1cc2ccc3c(c2s1)-c1cc(Cl)ncc1C(N)C3. The smallest absolute Gasteiger partial charge is 0.223 e. The van der Waals surface area contributed by atoms with Crippen LogP contribution in [0.25, 0.3) is 31.8 Å². The van der Waals surface area contributed by atoms with E-state index in [0.717, 1.165) is 33.7 Å². The molecule has 0 fully saturated rings. The highest BCUT2D eigenvalue weighted by atomic mass is 35.5. The molecular weight excluding hydrogens is 468 g/mol. The van der Waals surface area contributed by atoms with Crippen LogP contribution >= 0.6 is 22.9 Å². The van der Waals surface area contributed by atoms with Gasteiger partial charge in [-0.15, -0.1) is 16.4 Å². The van der Waals surface area contributed by atoms with Gasteiger partial charge in [-0.1, -0.05) is 28.9 Å². The highest BCUT2D eigenvalue weighted by Crippen LogP contribution is 2.46. The Morgan fingerprint density at radius 2 is 2.15 bits per heavy atom. The van der Waals surface area contributed by atoms with Crippen LogP contribution in [0, 0.1) is 6.92 Å². The summed E-state index contributed by atoms with van der Waals surface area (Å²) in [7, 11) is 0. The number of rotatable bonds is 5. The molecule has 170 valence electrons. The first-order chi connectivity index (χ1) is 16.6. The summed E-state index contributed by atoms with van der Waals surface area (Å²) in [6, 6.07) is 8.39. The quantitative estimate of drug-likeness (QED) is 0.347. The average Bonchev–Trinajstić information content (AvgIpc) is 3.50. The average molecular weight is 489 g/mol. The Morgan fingerprint density at radius 3 is 3.00 bits per heavy atom. The van der Waals surface area contributed by atoms with E-state index in [-0.39, 0.29) is 6.04 Å². The van der Waals surface area contributed by atoms with E-state index in [1.807, 2.05) is 31.6 Å². The topological polar surface area (TPSA) is 107 Å². The molecule has 0 radical (unpaired) electrons. The lowest BCUT2D eigenvalue weighted by atomic mass is 9.83. The van der Waals surface area contributed by atoms with Gasteiger partial charge < -0.3 is 11.1 Å². The molecule has 4 heterocycles. The summed E-state index contributed by atoms with van der Waals surface area (Å²) in [4.78, 5) is 14.7. The largest absolute Gasteiger partial charge is 0.352 e. The van der Waals surface area contributed by atoms with E-state index >= 15 is 0 Å². The molecular formula is C24H21ClN8S. The third kappa shape index (κ3) is 3.71. The lowest BCUT2D eigenvalue weighted by molar-refractivity contribution is 0.607. The van der Waals surface area contributed by atoms with Gasteiger partial charge in [0.15, 0.2) is 0 Å². The number of pyridine rings is 1. The Balaban J connectivity index is 1.38. The molecule has 4 aromatic heterocycles. The minimum atomic E-state index is -0.0839. The summed E-state index contributed by atoms with van der Waals surface area (Å²) in [5.74, 6) is 0.592. The van der Waals surface area contributed by atoms with Gasteiger partial charge in [-0.25, -0.2) is 15.0 Å². The number of nitrogens with two attached hydrogens (primary N) is 1. The molecule has 1 atom stereocenters. The highest BCUT2D eigenvalue weighted by molar-refractivity contribution is 7.22. The monoisotopic (exact) mass is 488 g/mol. The first-order valence-corrected chi connectivity index (χ1v) is 12.1. The number of thiophene rings is 1. The van der Waals surface area contributed by atoms with Crippen molar-refractivity contribution in [3.63, 3.8) is 0 Å². The second-order valence-electron chi connectivity index (χ2n) is 8.35. The lowest BCUT2D eigenvalue weighted by Gasteiger charge is -2.25. The molecule has 8 nitrogen and oxygen atoms in total. The maximum absolute atomic E-state index is 6.45. The lowest BCUT2D eigenvalue weighted by Crippen LogP contribution is -2.19. The third-order valence-electron chi connectivity index (χ3n) is 6.08. The van der Waals surface area contributed by atoms with Crippen LogP contribution in [0.4, 0.5) is 5.95 Å². The van der Waals surface area contributed by atoms with Crippen molar-refractivity contribution in [1.29, 1.82) is 0 Å².